The molecule has 0 amide bonds. The van der Waals surface area contributed by atoms with Gasteiger partial charge in [-0.25, -0.2) is 0 Å². The van der Waals surface area contributed by atoms with Crippen LogP contribution in [0.3, 0.4) is 0 Å². The van der Waals surface area contributed by atoms with Crippen molar-refractivity contribution in [3.8, 4) is 0 Å². The third-order valence-electron chi connectivity index (χ3n) is 2.58. The second kappa shape index (κ2) is 6.15. The van der Waals surface area contributed by atoms with Crippen molar-refractivity contribution >= 4 is 11.8 Å². The van der Waals surface area contributed by atoms with Crippen LogP contribution in [0.4, 0.5) is 0 Å². The van der Waals surface area contributed by atoms with Crippen molar-refractivity contribution in [1.29, 1.82) is 0 Å². The summed E-state index contributed by atoms with van der Waals surface area (Å²) in [5.74, 6) is -1.77. The number of ether oxygens (including phenoxy) is 2. The van der Waals surface area contributed by atoms with Gasteiger partial charge in [0.05, 0.1) is 7.11 Å². The molecule has 0 heterocycles. The minimum absolute atomic E-state index is 0.271. The largest absolute Gasteiger partial charge is 0.468 e. The zero-order valence-corrected chi connectivity index (χ0v) is 10.2. The van der Waals surface area contributed by atoms with Gasteiger partial charge >= 0.3 is 5.97 Å². The van der Waals surface area contributed by atoms with Gasteiger partial charge in [-0.2, -0.15) is 0 Å². The number of esters is 1. The Labute approximate surface area is 101 Å². The number of ketones is 1. The minimum atomic E-state index is -0.924. The van der Waals surface area contributed by atoms with Crippen molar-refractivity contribution < 1.29 is 19.1 Å². The van der Waals surface area contributed by atoms with Crippen LogP contribution in [0.1, 0.15) is 18.6 Å². The highest BCUT2D eigenvalue weighted by Crippen LogP contribution is 2.27. The van der Waals surface area contributed by atoms with E-state index in [1.54, 1.807) is 0 Å². The normalized spacial score (nSPS) is 13.8. The van der Waals surface area contributed by atoms with Gasteiger partial charge in [0.2, 0.25) is 0 Å². The van der Waals surface area contributed by atoms with E-state index in [-0.39, 0.29) is 5.78 Å². The van der Waals surface area contributed by atoms with Crippen molar-refractivity contribution in [1.82, 2.24) is 0 Å². The zero-order chi connectivity index (χ0) is 12.8. The summed E-state index contributed by atoms with van der Waals surface area (Å²) < 4.78 is 9.90. The molecule has 0 aromatic heterocycles. The van der Waals surface area contributed by atoms with Crippen LogP contribution < -0.4 is 0 Å². The van der Waals surface area contributed by atoms with Crippen LogP contribution in [-0.2, 0) is 19.1 Å². The molecule has 0 aliphatic heterocycles. The lowest BCUT2D eigenvalue weighted by atomic mass is 9.92. The van der Waals surface area contributed by atoms with Gasteiger partial charge in [0, 0.05) is 7.11 Å². The molecule has 2 unspecified atom stereocenters. The van der Waals surface area contributed by atoms with Crippen LogP contribution in [0.15, 0.2) is 30.3 Å². The quantitative estimate of drug-likeness (QED) is 0.577. The van der Waals surface area contributed by atoms with E-state index in [0.29, 0.717) is 0 Å². The Bertz CT molecular complexity index is 386. The Morgan fingerprint density at radius 2 is 1.71 bits per heavy atom. The molecule has 0 saturated carbocycles. The lowest BCUT2D eigenvalue weighted by Gasteiger charge is -2.22. The lowest BCUT2D eigenvalue weighted by Crippen LogP contribution is -2.30. The topological polar surface area (TPSA) is 52.6 Å². The average molecular weight is 236 g/mol. The van der Waals surface area contributed by atoms with Gasteiger partial charge in [-0.15, -0.1) is 0 Å². The molecule has 4 nitrogen and oxygen atoms in total. The maximum atomic E-state index is 11.6. The fourth-order valence-corrected chi connectivity index (χ4v) is 1.74. The van der Waals surface area contributed by atoms with Crippen molar-refractivity contribution in [2.75, 3.05) is 14.2 Å². The van der Waals surface area contributed by atoms with Gasteiger partial charge < -0.3 is 9.47 Å². The molecule has 92 valence electrons. The first-order valence-electron chi connectivity index (χ1n) is 5.27. The van der Waals surface area contributed by atoms with Gasteiger partial charge in [0.25, 0.3) is 0 Å². The van der Waals surface area contributed by atoms with Crippen LogP contribution in [-0.4, -0.2) is 26.0 Å². The molecule has 0 bridgehead atoms. The van der Waals surface area contributed by atoms with Gasteiger partial charge in [-0.05, 0) is 12.5 Å². The third-order valence-corrected chi connectivity index (χ3v) is 2.58. The molecule has 2 atom stereocenters. The minimum Gasteiger partial charge on any atom is -0.468 e. The predicted octanol–water partition coefficient (Wildman–Crippen LogP) is 1.75. The van der Waals surface area contributed by atoms with Crippen LogP contribution in [0.25, 0.3) is 0 Å². The molecule has 0 aliphatic rings. The highest BCUT2D eigenvalue weighted by molar-refractivity contribution is 5.98. The second-order valence-corrected chi connectivity index (χ2v) is 3.68. The summed E-state index contributed by atoms with van der Waals surface area (Å²) in [5, 5.41) is 0. The number of hydrogen-bond donors (Lipinski definition) is 0. The maximum absolute atomic E-state index is 11.6. The van der Waals surface area contributed by atoms with Gasteiger partial charge in [-0.1, -0.05) is 30.3 Å². The molecule has 0 N–H and O–H groups in total. The van der Waals surface area contributed by atoms with E-state index in [1.807, 2.05) is 30.3 Å². The van der Waals surface area contributed by atoms with E-state index in [2.05, 4.69) is 4.74 Å². The Morgan fingerprint density at radius 1 is 1.12 bits per heavy atom. The Morgan fingerprint density at radius 3 is 2.12 bits per heavy atom. The molecule has 17 heavy (non-hydrogen) atoms. The molecule has 1 aromatic rings. The molecule has 1 aromatic carbocycles. The zero-order valence-electron chi connectivity index (χ0n) is 10.2. The second-order valence-electron chi connectivity index (χ2n) is 3.68. The van der Waals surface area contributed by atoms with Gasteiger partial charge in [-0.3, -0.25) is 9.59 Å². The maximum Gasteiger partial charge on any atom is 0.319 e. The van der Waals surface area contributed by atoms with Crippen LogP contribution in [0.2, 0.25) is 0 Å². The Kier molecular flexibility index (Phi) is 4.84. The average Bonchev–Trinajstić information content (AvgIpc) is 2.35. The molecule has 0 saturated heterocycles. The molecular formula is C13H16O4. The van der Waals surface area contributed by atoms with Crippen LogP contribution >= 0.6 is 0 Å². The number of methoxy groups -OCH3 is 2. The summed E-state index contributed by atoms with van der Waals surface area (Å²) in [6.07, 6.45) is -0.610. The van der Waals surface area contributed by atoms with E-state index in [4.69, 9.17) is 4.74 Å². The van der Waals surface area contributed by atoms with E-state index in [1.165, 1.54) is 21.1 Å². The van der Waals surface area contributed by atoms with Gasteiger partial charge in [0.15, 0.2) is 0 Å². The van der Waals surface area contributed by atoms with Gasteiger partial charge in [0.1, 0.15) is 17.8 Å². The van der Waals surface area contributed by atoms with Crippen LogP contribution in [0.5, 0.6) is 0 Å². The summed E-state index contributed by atoms with van der Waals surface area (Å²) in [6.45, 7) is 1.36. The molecule has 0 fully saturated rings. The molecule has 0 spiro atoms. The number of hydrogen-bond acceptors (Lipinski definition) is 4. The Hall–Kier alpha value is -1.68. The Balaban J connectivity index is 3.06. The number of Topliss-reactive ketones (excluding diaryl/α,β-unsaturated/α-hetero) is 1. The number of carbonyl (C=O) groups is 2. The molecule has 4 heteroatoms. The first-order valence-corrected chi connectivity index (χ1v) is 5.27. The molecule has 0 aliphatic carbocycles. The van der Waals surface area contributed by atoms with Crippen molar-refractivity contribution in [2.24, 2.45) is 5.92 Å². The monoisotopic (exact) mass is 236 g/mol. The van der Waals surface area contributed by atoms with Crippen molar-refractivity contribution in [3.05, 3.63) is 35.9 Å². The molecule has 0 radical (unpaired) electrons. The lowest BCUT2D eigenvalue weighted by molar-refractivity contribution is -0.154. The fraction of sp³-hybridized carbons (Fsp3) is 0.385. The fourth-order valence-electron chi connectivity index (χ4n) is 1.74. The van der Waals surface area contributed by atoms with E-state index in [0.717, 1.165) is 5.56 Å². The summed E-state index contributed by atoms with van der Waals surface area (Å²) in [6, 6.07) is 9.14. The van der Waals surface area contributed by atoms with Crippen LogP contribution in [0, 0.1) is 5.92 Å². The standard InChI is InChI=1S/C13H16O4/c1-9(14)11(13(15)17-3)12(16-2)10-7-5-4-6-8-10/h4-8,11-12H,1-3H3. The van der Waals surface area contributed by atoms with Crippen molar-refractivity contribution in [3.63, 3.8) is 0 Å². The predicted molar refractivity (Wildman–Crippen MR) is 62.4 cm³/mol. The first kappa shape index (κ1) is 13.4. The third kappa shape index (κ3) is 3.14. The van der Waals surface area contributed by atoms with Crippen molar-refractivity contribution in [2.45, 2.75) is 13.0 Å². The van der Waals surface area contributed by atoms with E-state index >= 15 is 0 Å². The number of rotatable bonds is 5. The van der Waals surface area contributed by atoms with E-state index in [9.17, 15) is 9.59 Å². The van der Waals surface area contributed by atoms with E-state index < -0.39 is 18.0 Å². The summed E-state index contributed by atoms with van der Waals surface area (Å²) in [7, 11) is 2.73. The molecular weight excluding hydrogens is 220 g/mol. The summed E-state index contributed by atoms with van der Waals surface area (Å²) >= 11 is 0. The smallest absolute Gasteiger partial charge is 0.319 e. The number of carbonyl (C=O) groups excluding carboxylic acids is 2. The highest BCUT2D eigenvalue weighted by atomic mass is 16.5. The highest BCUT2D eigenvalue weighted by Gasteiger charge is 2.34. The first-order chi connectivity index (χ1) is 8.11. The summed E-state index contributed by atoms with van der Waals surface area (Å²) in [5.41, 5.74) is 0.778. The molecule has 1 rings (SSSR count). The number of benzene rings is 1. The summed E-state index contributed by atoms with van der Waals surface area (Å²) in [4.78, 5) is 23.1. The SMILES string of the molecule is COC(=O)C(C(C)=O)C(OC)c1ccccc1.